The quantitative estimate of drug-likeness (QED) is 0.806. The van der Waals surface area contributed by atoms with Crippen molar-refractivity contribution in [2.45, 2.75) is 19.3 Å². The van der Waals surface area contributed by atoms with Crippen LogP contribution in [0.2, 0.25) is 0 Å². The van der Waals surface area contributed by atoms with Crippen molar-refractivity contribution in [2.24, 2.45) is 10.8 Å². The molecule has 3 fully saturated rings. The Bertz CT molecular complexity index is 368. The molecule has 0 aromatic heterocycles. The maximum Gasteiger partial charge on any atom is 0.0500 e. The molecule has 4 rings (SSSR count). The molecule has 86 valence electrons. The van der Waals surface area contributed by atoms with Crippen LogP contribution in [0.4, 0.5) is 0 Å². The molecule has 1 aliphatic carbocycles. The van der Waals surface area contributed by atoms with E-state index in [2.05, 4.69) is 35.6 Å². The van der Waals surface area contributed by atoms with Crippen LogP contribution in [0, 0.1) is 10.8 Å². The van der Waals surface area contributed by atoms with Crippen LogP contribution in [0.3, 0.4) is 0 Å². The van der Waals surface area contributed by atoms with Crippen molar-refractivity contribution >= 4 is 0 Å². The molecule has 2 heterocycles. The van der Waals surface area contributed by atoms with Gasteiger partial charge in [0.1, 0.15) is 0 Å². The molecule has 0 unspecified atom stereocenters. The van der Waals surface area contributed by atoms with Crippen LogP contribution in [-0.4, -0.2) is 24.8 Å². The Hall–Kier alpha value is -0.860. The summed E-state index contributed by atoms with van der Waals surface area (Å²) in [6.07, 6.45) is 3.54. The van der Waals surface area contributed by atoms with Gasteiger partial charge in [0, 0.05) is 25.1 Å². The molecule has 3 aliphatic rings. The molecule has 1 aromatic carbocycles. The fraction of sp³-hybridized carbons (Fsp3) is 0.571. The summed E-state index contributed by atoms with van der Waals surface area (Å²) in [4.78, 5) is 0. The number of rotatable bonds is 3. The summed E-state index contributed by atoms with van der Waals surface area (Å²) >= 11 is 0. The Balaban J connectivity index is 1.73. The molecule has 0 atom stereocenters. The molecule has 0 spiro atoms. The van der Waals surface area contributed by atoms with Gasteiger partial charge in [0.05, 0.1) is 0 Å². The van der Waals surface area contributed by atoms with Crippen molar-refractivity contribution in [1.82, 2.24) is 5.32 Å². The molecule has 16 heavy (non-hydrogen) atoms. The Labute approximate surface area is 96.7 Å². The molecule has 1 aromatic rings. The van der Waals surface area contributed by atoms with Crippen LogP contribution in [0.1, 0.15) is 18.4 Å². The third-order valence-electron chi connectivity index (χ3n) is 4.26. The Kier molecular flexibility index (Phi) is 2.30. The second-order valence-corrected chi connectivity index (χ2v) is 5.78. The highest BCUT2D eigenvalue weighted by Crippen LogP contribution is 2.57. The molecule has 0 radical (unpaired) electrons. The molecular formula is C14H19NO. The van der Waals surface area contributed by atoms with Crippen molar-refractivity contribution in [2.75, 3.05) is 19.7 Å². The van der Waals surface area contributed by atoms with Gasteiger partial charge in [0.25, 0.3) is 0 Å². The monoisotopic (exact) mass is 217 g/mol. The minimum atomic E-state index is 0.201. The van der Waals surface area contributed by atoms with Gasteiger partial charge in [-0.25, -0.2) is 0 Å². The highest BCUT2D eigenvalue weighted by Gasteiger charge is 2.56. The van der Waals surface area contributed by atoms with Gasteiger partial charge in [-0.2, -0.15) is 0 Å². The van der Waals surface area contributed by atoms with Gasteiger partial charge in [-0.1, -0.05) is 30.3 Å². The predicted molar refractivity (Wildman–Crippen MR) is 64.2 cm³/mol. The number of aliphatic hydroxyl groups is 1. The lowest BCUT2D eigenvalue weighted by atomic mass is 9.49. The summed E-state index contributed by atoms with van der Waals surface area (Å²) in [6.45, 7) is 2.46. The zero-order valence-electron chi connectivity index (χ0n) is 9.58. The van der Waals surface area contributed by atoms with Crippen LogP contribution in [0.15, 0.2) is 30.3 Å². The van der Waals surface area contributed by atoms with Crippen molar-refractivity contribution in [3.05, 3.63) is 35.9 Å². The summed E-state index contributed by atoms with van der Waals surface area (Å²) in [5.74, 6) is 0. The number of benzene rings is 1. The minimum absolute atomic E-state index is 0.201. The first-order valence-corrected chi connectivity index (χ1v) is 6.12. The third kappa shape index (κ3) is 1.57. The molecule has 2 nitrogen and oxygen atoms in total. The van der Waals surface area contributed by atoms with Crippen LogP contribution in [0.5, 0.6) is 0 Å². The average molecular weight is 217 g/mol. The fourth-order valence-corrected chi connectivity index (χ4v) is 3.77. The van der Waals surface area contributed by atoms with E-state index in [-0.39, 0.29) is 5.41 Å². The highest BCUT2D eigenvalue weighted by atomic mass is 16.3. The first-order valence-electron chi connectivity index (χ1n) is 6.12. The molecular weight excluding hydrogens is 198 g/mol. The molecule has 2 N–H and O–H groups in total. The Morgan fingerprint density at radius 1 is 1.06 bits per heavy atom. The van der Waals surface area contributed by atoms with E-state index in [1.807, 2.05) is 0 Å². The summed E-state index contributed by atoms with van der Waals surface area (Å²) in [6, 6.07) is 10.7. The van der Waals surface area contributed by atoms with Crippen LogP contribution in [0.25, 0.3) is 0 Å². The summed E-state index contributed by atoms with van der Waals surface area (Å²) in [5.41, 5.74) is 2.05. The van der Waals surface area contributed by atoms with E-state index in [4.69, 9.17) is 0 Å². The maximum absolute atomic E-state index is 9.43. The molecule has 2 heteroatoms. The summed E-state index contributed by atoms with van der Waals surface area (Å²) in [5, 5.41) is 12.9. The summed E-state index contributed by atoms with van der Waals surface area (Å²) in [7, 11) is 0. The highest BCUT2D eigenvalue weighted by molar-refractivity contribution is 5.20. The molecule has 2 bridgehead atoms. The zero-order chi connectivity index (χ0) is 11.1. The molecule has 2 saturated heterocycles. The van der Waals surface area contributed by atoms with E-state index in [9.17, 15) is 5.11 Å². The first-order chi connectivity index (χ1) is 7.76. The number of aliphatic hydroxyl groups excluding tert-OH is 1. The van der Waals surface area contributed by atoms with Gasteiger partial charge in [0.2, 0.25) is 0 Å². The number of nitrogens with one attached hydrogen (secondary N) is 1. The number of fused-ring (bicyclic) bond motifs is 2. The van der Waals surface area contributed by atoms with E-state index in [0.717, 1.165) is 19.5 Å². The van der Waals surface area contributed by atoms with Crippen molar-refractivity contribution in [1.29, 1.82) is 0 Å². The van der Waals surface area contributed by atoms with Crippen molar-refractivity contribution < 1.29 is 5.11 Å². The first kappa shape index (κ1) is 10.3. The zero-order valence-corrected chi connectivity index (χ0v) is 9.58. The number of piperidine rings is 2. The van der Waals surface area contributed by atoms with Gasteiger partial charge in [-0.3, -0.25) is 0 Å². The topological polar surface area (TPSA) is 32.3 Å². The van der Waals surface area contributed by atoms with Crippen LogP contribution in [-0.2, 0) is 6.42 Å². The maximum atomic E-state index is 9.43. The Morgan fingerprint density at radius 3 is 2.44 bits per heavy atom. The van der Waals surface area contributed by atoms with Crippen LogP contribution < -0.4 is 5.32 Å². The van der Waals surface area contributed by atoms with E-state index < -0.39 is 0 Å². The molecule has 2 aliphatic heterocycles. The van der Waals surface area contributed by atoms with E-state index in [0.29, 0.717) is 12.0 Å². The minimum Gasteiger partial charge on any atom is -0.396 e. The second kappa shape index (κ2) is 3.57. The lowest BCUT2D eigenvalue weighted by molar-refractivity contribution is -0.105. The van der Waals surface area contributed by atoms with Gasteiger partial charge in [0.15, 0.2) is 0 Å². The summed E-state index contributed by atoms with van der Waals surface area (Å²) < 4.78 is 0. The lowest BCUT2D eigenvalue weighted by Gasteiger charge is -2.60. The third-order valence-corrected chi connectivity index (χ3v) is 4.26. The van der Waals surface area contributed by atoms with E-state index in [1.165, 1.54) is 18.4 Å². The molecule has 1 saturated carbocycles. The number of hydrogen-bond donors (Lipinski definition) is 2. The lowest BCUT2D eigenvalue weighted by Crippen LogP contribution is -2.64. The van der Waals surface area contributed by atoms with E-state index >= 15 is 0 Å². The smallest absolute Gasteiger partial charge is 0.0500 e. The van der Waals surface area contributed by atoms with Gasteiger partial charge in [-0.05, 0) is 30.2 Å². The average Bonchev–Trinajstić information content (AvgIpc) is 2.29. The number of hydrogen-bond acceptors (Lipinski definition) is 2. The van der Waals surface area contributed by atoms with Gasteiger partial charge >= 0.3 is 0 Å². The van der Waals surface area contributed by atoms with Gasteiger partial charge in [-0.15, -0.1) is 0 Å². The van der Waals surface area contributed by atoms with Crippen molar-refractivity contribution in [3.63, 3.8) is 0 Å². The SMILES string of the molecule is OCC12CNCC(Cc3ccccc3)(C1)C2. The van der Waals surface area contributed by atoms with Gasteiger partial charge < -0.3 is 10.4 Å². The second-order valence-electron chi connectivity index (χ2n) is 5.78. The van der Waals surface area contributed by atoms with E-state index in [1.54, 1.807) is 0 Å². The predicted octanol–water partition coefficient (Wildman–Crippen LogP) is 1.59. The molecule has 0 amide bonds. The van der Waals surface area contributed by atoms with Crippen LogP contribution >= 0.6 is 0 Å². The largest absolute Gasteiger partial charge is 0.396 e. The normalized spacial score (nSPS) is 36.8. The fourth-order valence-electron chi connectivity index (χ4n) is 3.77. The standard InChI is InChI=1S/C14H19NO/c16-11-14-7-13(8-14,9-15-10-14)6-12-4-2-1-3-5-12/h1-5,15-16H,6-11H2. The van der Waals surface area contributed by atoms with Crippen molar-refractivity contribution in [3.8, 4) is 0 Å². The Morgan fingerprint density at radius 2 is 1.75 bits per heavy atom.